The summed E-state index contributed by atoms with van der Waals surface area (Å²) in [5.41, 5.74) is 6.64. The van der Waals surface area contributed by atoms with Gasteiger partial charge in [-0.2, -0.15) is 0 Å². The van der Waals surface area contributed by atoms with Gasteiger partial charge in [-0.1, -0.05) is 17.7 Å². The summed E-state index contributed by atoms with van der Waals surface area (Å²) in [7, 11) is 0. The lowest BCUT2D eigenvalue weighted by Gasteiger charge is -2.10. The van der Waals surface area contributed by atoms with Gasteiger partial charge in [0.25, 0.3) is 0 Å². The fourth-order valence-electron chi connectivity index (χ4n) is 2.06. The zero-order chi connectivity index (χ0) is 10.8. The van der Waals surface area contributed by atoms with Gasteiger partial charge in [0.05, 0.1) is 6.33 Å². The number of halogens is 1. The maximum atomic E-state index is 4.04. The molecule has 2 rings (SSSR count). The quantitative estimate of drug-likeness (QED) is 0.851. The molecule has 1 N–H and O–H groups in total. The van der Waals surface area contributed by atoms with Crippen LogP contribution < -0.4 is 0 Å². The number of nitrogens with one attached hydrogen (secondary N) is 1. The Morgan fingerprint density at radius 3 is 2.25 bits per heavy atom. The summed E-state index contributed by atoms with van der Waals surface area (Å²) in [5, 5.41) is 0. The van der Waals surface area contributed by atoms with Gasteiger partial charge in [-0.05, 0) is 37.5 Å². The van der Waals surface area contributed by atoms with Crippen molar-refractivity contribution in [3.05, 3.63) is 52.6 Å². The molecule has 0 aliphatic heterocycles. The highest BCUT2D eigenvalue weighted by molar-refractivity contribution is 5.85. The Morgan fingerprint density at radius 2 is 1.75 bits per heavy atom. The van der Waals surface area contributed by atoms with E-state index in [4.69, 9.17) is 0 Å². The summed E-state index contributed by atoms with van der Waals surface area (Å²) in [6.07, 6.45) is 4.56. The molecule has 16 heavy (non-hydrogen) atoms. The van der Waals surface area contributed by atoms with Crippen LogP contribution in [0.5, 0.6) is 0 Å². The number of aromatic nitrogens is 2. The van der Waals surface area contributed by atoms with Gasteiger partial charge in [0.15, 0.2) is 0 Å². The highest BCUT2D eigenvalue weighted by Crippen LogP contribution is 2.18. The second-order valence-electron chi connectivity index (χ2n) is 4.13. The van der Waals surface area contributed by atoms with Crippen LogP contribution in [0.1, 0.15) is 27.9 Å². The Labute approximate surface area is 103 Å². The molecule has 2 nitrogen and oxygen atoms in total. The summed E-state index contributed by atoms with van der Waals surface area (Å²) in [4.78, 5) is 7.18. The van der Waals surface area contributed by atoms with Crippen LogP contribution in [0.25, 0.3) is 0 Å². The van der Waals surface area contributed by atoms with Crippen LogP contribution in [0.3, 0.4) is 0 Å². The highest BCUT2D eigenvalue weighted by atomic mass is 35.5. The molecular formula is C13H17ClN2. The lowest BCUT2D eigenvalue weighted by atomic mass is 9.96. The topological polar surface area (TPSA) is 28.7 Å². The Kier molecular flexibility index (Phi) is 4.13. The van der Waals surface area contributed by atoms with E-state index in [1.165, 1.54) is 27.9 Å². The average Bonchev–Trinajstić information content (AvgIpc) is 2.63. The van der Waals surface area contributed by atoms with Crippen LogP contribution in [-0.4, -0.2) is 9.97 Å². The van der Waals surface area contributed by atoms with E-state index in [9.17, 15) is 0 Å². The maximum absolute atomic E-state index is 4.04. The average molecular weight is 237 g/mol. The molecule has 1 aromatic carbocycles. The van der Waals surface area contributed by atoms with Gasteiger partial charge < -0.3 is 4.98 Å². The number of hydrogen-bond acceptors (Lipinski definition) is 1. The van der Waals surface area contributed by atoms with Crippen LogP contribution in [-0.2, 0) is 6.42 Å². The molecule has 0 bridgehead atoms. The molecule has 0 aliphatic carbocycles. The molecule has 0 saturated carbocycles. The molecule has 1 heterocycles. The Balaban J connectivity index is 0.00000128. The first kappa shape index (κ1) is 12.8. The van der Waals surface area contributed by atoms with Gasteiger partial charge in [0.2, 0.25) is 0 Å². The first-order valence-corrected chi connectivity index (χ1v) is 5.21. The molecule has 2 aromatic rings. The lowest BCUT2D eigenvalue weighted by molar-refractivity contribution is 1.06. The SMILES string of the molecule is Cc1cc(C)c(Cc2cnc[nH]2)c(C)c1.Cl. The molecular weight excluding hydrogens is 220 g/mol. The number of aromatic amines is 1. The minimum absolute atomic E-state index is 0. The predicted octanol–water partition coefficient (Wildman–Crippen LogP) is 3.35. The number of hydrogen-bond donors (Lipinski definition) is 1. The third kappa shape index (κ3) is 2.64. The van der Waals surface area contributed by atoms with Gasteiger partial charge in [0.1, 0.15) is 0 Å². The van der Waals surface area contributed by atoms with Crippen molar-refractivity contribution in [2.24, 2.45) is 0 Å². The van der Waals surface area contributed by atoms with Crippen molar-refractivity contribution in [2.45, 2.75) is 27.2 Å². The van der Waals surface area contributed by atoms with Crippen LogP contribution in [0.4, 0.5) is 0 Å². The second-order valence-corrected chi connectivity index (χ2v) is 4.13. The number of H-pyrrole nitrogens is 1. The molecule has 0 atom stereocenters. The monoisotopic (exact) mass is 236 g/mol. The fourth-order valence-corrected chi connectivity index (χ4v) is 2.06. The van der Waals surface area contributed by atoms with Crippen LogP contribution >= 0.6 is 12.4 Å². The summed E-state index contributed by atoms with van der Waals surface area (Å²) >= 11 is 0. The maximum Gasteiger partial charge on any atom is 0.0921 e. The van der Waals surface area contributed by atoms with Gasteiger partial charge in [-0.15, -0.1) is 12.4 Å². The molecule has 0 saturated heterocycles. The molecule has 3 heteroatoms. The zero-order valence-corrected chi connectivity index (χ0v) is 10.7. The number of nitrogens with zero attached hydrogens (tertiary/aromatic N) is 1. The van der Waals surface area contributed by atoms with Crippen LogP contribution in [0, 0.1) is 20.8 Å². The van der Waals surface area contributed by atoms with Crippen LogP contribution in [0.2, 0.25) is 0 Å². The standard InChI is InChI=1S/C13H16N2.ClH/c1-9-4-10(2)13(11(3)5-9)6-12-7-14-8-15-12;/h4-5,7-8H,6H2,1-3H3,(H,14,15);1H. The third-order valence-corrected chi connectivity index (χ3v) is 2.76. The third-order valence-electron chi connectivity index (χ3n) is 2.76. The second kappa shape index (κ2) is 5.17. The molecule has 0 radical (unpaired) electrons. The minimum Gasteiger partial charge on any atom is -0.348 e. The minimum atomic E-state index is 0. The van der Waals surface area contributed by atoms with Crippen LogP contribution in [0.15, 0.2) is 24.7 Å². The summed E-state index contributed by atoms with van der Waals surface area (Å²) in [5.74, 6) is 0. The summed E-state index contributed by atoms with van der Waals surface area (Å²) in [6.45, 7) is 6.48. The van der Waals surface area contributed by atoms with Crippen molar-refractivity contribution < 1.29 is 0 Å². The molecule has 1 aromatic heterocycles. The number of rotatable bonds is 2. The van der Waals surface area contributed by atoms with Crippen molar-refractivity contribution in [1.29, 1.82) is 0 Å². The smallest absolute Gasteiger partial charge is 0.0921 e. The molecule has 0 fully saturated rings. The van der Waals surface area contributed by atoms with Gasteiger partial charge in [-0.25, -0.2) is 4.98 Å². The van der Waals surface area contributed by atoms with Gasteiger partial charge in [-0.3, -0.25) is 0 Å². The number of aryl methyl sites for hydroxylation is 3. The Hall–Kier alpha value is -1.28. The van der Waals surface area contributed by atoms with Crippen molar-refractivity contribution >= 4 is 12.4 Å². The van der Waals surface area contributed by atoms with Crippen molar-refractivity contribution in [3.8, 4) is 0 Å². The van der Waals surface area contributed by atoms with E-state index in [0.717, 1.165) is 6.42 Å². The zero-order valence-electron chi connectivity index (χ0n) is 9.87. The summed E-state index contributed by atoms with van der Waals surface area (Å²) in [6, 6.07) is 4.47. The molecule has 0 amide bonds. The first-order valence-electron chi connectivity index (χ1n) is 5.21. The van der Waals surface area contributed by atoms with Gasteiger partial charge in [0, 0.05) is 18.3 Å². The molecule has 0 unspecified atom stereocenters. The lowest BCUT2D eigenvalue weighted by Crippen LogP contribution is -1.96. The summed E-state index contributed by atoms with van der Waals surface area (Å²) < 4.78 is 0. The number of benzene rings is 1. The van der Waals surface area contributed by atoms with E-state index in [0.29, 0.717) is 0 Å². The Bertz CT molecular complexity index is 438. The van der Waals surface area contributed by atoms with E-state index in [1.54, 1.807) is 6.33 Å². The highest BCUT2D eigenvalue weighted by Gasteiger charge is 2.05. The van der Waals surface area contributed by atoms with E-state index in [2.05, 4.69) is 42.9 Å². The first-order chi connectivity index (χ1) is 7.16. The normalized spacial score (nSPS) is 9.94. The fraction of sp³-hybridized carbons (Fsp3) is 0.308. The van der Waals surface area contributed by atoms with E-state index >= 15 is 0 Å². The van der Waals surface area contributed by atoms with Crippen molar-refractivity contribution in [1.82, 2.24) is 9.97 Å². The van der Waals surface area contributed by atoms with Crippen molar-refractivity contribution in [3.63, 3.8) is 0 Å². The van der Waals surface area contributed by atoms with E-state index < -0.39 is 0 Å². The Morgan fingerprint density at radius 1 is 1.12 bits per heavy atom. The van der Waals surface area contributed by atoms with Crippen molar-refractivity contribution in [2.75, 3.05) is 0 Å². The number of imidazole rings is 1. The molecule has 0 spiro atoms. The predicted molar refractivity (Wildman–Crippen MR) is 69.3 cm³/mol. The molecule has 86 valence electrons. The largest absolute Gasteiger partial charge is 0.348 e. The molecule has 0 aliphatic rings. The van der Waals surface area contributed by atoms with E-state index in [1.807, 2.05) is 6.20 Å². The van der Waals surface area contributed by atoms with E-state index in [-0.39, 0.29) is 12.4 Å². The van der Waals surface area contributed by atoms with Gasteiger partial charge >= 0.3 is 0 Å².